The second kappa shape index (κ2) is 5.27. The van der Waals surface area contributed by atoms with E-state index in [0.29, 0.717) is 0 Å². The lowest BCUT2D eigenvalue weighted by Crippen LogP contribution is -1.89. The Labute approximate surface area is 107 Å². The highest BCUT2D eigenvalue weighted by Crippen LogP contribution is 2.16. The zero-order valence-electron chi connectivity index (χ0n) is 8.77. The predicted octanol–water partition coefficient (Wildman–Crippen LogP) is 4.27. The van der Waals surface area contributed by atoms with Crippen LogP contribution >= 0.6 is 27.3 Å². The van der Waals surface area contributed by atoms with Gasteiger partial charge in [-0.1, -0.05) is 22.0 Å². The summed E-state index contributed by atoms with van der Waals surface area (Å²) in [5.74, 6) is 0. The number of hydrogen-bond acceptors (Lipinski definition) is 3. The first-order valence-corrected chi connectivity index (χ1v) is 6.52. The van der Waals surface area contributed by atoms with Crippen LogP contribution in [0.5, 0.6) is 0 Å². The van der Waals surface area contributed by atoms with E-state index in [4.69, 9.17) is 0 Å². The van der Waals surface area contributed by atoms with Gasteiger partial charge in [-0.2, -0.15) is 5.10 Å². The van der Waals surface area contributed by atoms with Gasteiger partial charge in [-0.05, 0) is 42.1 Å². The fraction of sp³-hybridized carbons (Fsp3) is 0.0833. The van der Waals surface area contributed by atoms with Crippen molar-refractivity contribution in [1.29, 1.82) is 0 Å². The average molecular weight is 295 g/mol. The Morgan fingerprint density at radius 1 is 1.38 bits per heavy atom. The van der Waals surface area contributed by atoms with Gasteiger partial charge in [0.1, 0.15) is 0 Å². The van der Waals surface area contributed by atoms with Gasteiger partial charge in [0.25, 0.3) is 0 Å². The van der Waals surface area contributed by atoms with E-state index < -0.39 is 0 Å². The third-order valence-corrected chi connectivity index (χ3v) is 3.55. The molecule has 0 fully saturated rings. The van der Waals surface area contributed by atoms with Gasteiger partial charge < -0.3 is 0 Å². The van der Waals surface area contributed by atoms with E-state index in [1.807, 2.05) is 30.5 Å². The molecule has 0 aliphatic rings. The Morgan fingerprint density at radius 2 is 2.25 bits per heavy atom. The van der Waals surface area contributed by atoms with Gasteiger partial charge in [0.2, 0.25) is 0 Å². The van der Waals surface area contributed by atoms with Crippen molar-refractivity contribution in [3.8, 4) is 0 Å². The Hall–Kier alpha value is -1.13. The average Bonchev–Trinajstić information content (AvgIpc) is 2.65. The van der Waals surface area contributed by atoms with Crippen LogP contribution in [0.25, 0.3) is 0 Å². The first-order chi connectivity index (χ1) is 7.75. The number of hydrogen-bond donors (Lipinski definition) is 1. The van der Waals surface area contributed by atoms with Crippen molar-refractivity contribution in [2.75, 3.05) is 5.43 Å². The lowest BCUT2D eigenvalue weighted by molar-refractivity contribution is 1.35. The largest absolute Gasteiger partial charge is 0.278 e. The summed E-state index contributed by atoms with van der Waals surface area (Å²) in [6.45, 7) is 2.08. The summed E-state index contributed by atoms with van der Waals surface area (Å²) in [4.78, 5) is 1.18. The lowest BCUT2D eigenvalue weighted by atomic mass is 10.3. The minimum atomic E-state index is 0.972. The second-order valence-corrected chi connectivity index (χ2v) is 5.21. The van der Waals surface area contributed by atoms with Crippen LogP contribution < -0.4 is 5.43 Å². The summed E-state index contributed by atoms with van der Waals surface area (Å²) in [6.07, 6.45) is 1.85. The van der Waals surface area contributed by atoms with Gasteiger partial charge in [-0.3, -0.25) is 5.43 Å². The van der Waals surface area contributed by atoms with Gasteiger partial charge in [0.05, 0.1) is 11.9 Å². The maximum absolute atomic E-state index is 4.20. The standard InChI is InChI=1S/C12H11BrN2S/c1-9-5-6-16-12(9)8-14-15-11-4-2-3-10(13)7-11/h2-8,15H,1H3. The molecule has 82 valence electrons. The number of halogens is 1. The quantitative estimate of drug-likeness (QED) is 0.664. The first-order valence-electron chi connectivity index (χ1n) is 4.84. The molecule has 0 atom stereocenters. The minimum absolute atomic E-state index is 0.972. The van der Waals surface area contributed by atoms with Crippen molar-refractivity contribution in [3.05, 3.63) is 50.6 Å². The van der Waals surface area contributed by atoms with Gasteiger partial charge >= 0.3 is 0 Å². The number of hydrazone groups is 1. The van der Waals surface area contributed by atoms with Crippen LogP contribution in [0.2, 0.25) is 0 Å². The molecule has 0 amide bonds. The summed E-state index contributed by atoms with van der Waals surface area (Å²) in [5, 5.41) is 6.27. The van der Waals surface area contributed by atoms with Crippen molar-refractivity contribution >= 4 is 39.2 Å². The van der Waals surface area contributed by atoms with E-state index in [1.54, 1.807) is 11.3 Å². The van der Waals surface area contributed by atoms with Crippen LogP contribution in [0.4, 0.5) is 5.69 Å². The predicted molar refractivity (Wildman–Crippen MR) is 74.4 cm³/mol. The number of aryl methyl sites for hydroxylation is 1. The monoisotopic (exact) mass is 294 g/mol. The molecule has 0 radical (unpaired) electrons. The molecule has 0 saturated carbocycles. The molecule has 2 rings (SSSR count). The van der Waals surface area contributed by atoms with Crippen LogP contribution in [0.15, 0.2) is 45.3 Å². The first kappa shape index (κ1) is 11.4. The number of anilines is 1. The van der Waals surface area contributed by atoms with Crippen molar-refractivity contribution in [2.45, 2.75) is 6.92 Å². The molecule has 1 aromatic carbocycles. The highest BCUT2D eigenvalue weighted by molar-refractivity contribution is 9.10. The third-order valence-electron chi connectivity index (χ3n) is 2.10. The molecule has 2 nitrogen and oxygen atoms in total. The molecule has 1 heterocycles. The summed E-state index contributed by atoms with van der Waals surface area (Å²) in [7, 11) is 0. The summed E-state index contributed by atoms with van der Waals surface area (Å²) in [5.41, 5.74) is 5.22. The zero-order chi connectivity index (χ0) is 11.4. The van der Waals surface area contributed by atoms with Gasteiger partial charge in [-0.25, -0.2) is 0 Å². The Bertz CT molecular complexity index is 505. The van der Waals surface area contributed by atoms with Crippen molar-refractivity contribution in [1.82, 2.24) is 0 Å². The summed E-state index contributed by atoms with van der Waals surface area (Å²) >= 11 is 5.10. The van der Waals surface area contributed by atoms with Crippen molar-refractivity contribution in [3.63, 3.8) is 0 Å². The Morgan fingerprint density at radius 3 is 2.94 bits per heavy atom. The third kappa shape index (κ3) is 2.93. The van der Waals surface area contributed by atoms with E-state index in [9.17, 15) is 0 Å². The zero-order valence-corrected chi connectivity index (χ0v) is 11.2. The molecular formula is C12H11BrN2S. The molecule has 4 heteroatoms. The maximum atomic E-state index is 4.20. The summed E-state index contributed by atoms with van der Waals surface area (Å²) in [6, 6.07) is 10.0. The number of nitrogens with zero attached hydrogens (tertiary/aromatic N) is 1. The van der Waals surface area contributed by atoms with E-state index >= 15 is 0 Å². The molecule has 0 saturated heterocycles. The van der Waals surface area contributed by atoms with Gasteiger partial charge in [0.15, 0.2) is 0 Å². The van der Waals surface area contributed by atoms with Crippen LogP contribution in [0, 0.1) is 6.92 Å². The van der Waals surface area contributed by atoms with E-state index in [-0.39, 0.29) is 0 Å². The van der Waals surface area contributed by atoms with Crippen LogP contribution in [-0.4, -0.2) is 6.21 Å². The van der Waals surface area contributed by atoms with Crippen LogP contribution in [0.1, 0.15) is 10.4 Å². The maximum Gasteiger partial charge on any atom is 0.0647 e. The highest BCUT2D eigenvalue weighted by Gasteiger charge is 1.95. The van der Waals surface area contributed by atoms with E-state index in [0.717, 1.165) is 10.2 Å². The molecule has 1 N–H and O–H groups in total. The van der Waals surface area contributed by atoms with E-state index in [2.05, 4.69) is 44.8 Å². The molecular weight excluding hydrogens is 284 g/mol. The highest BCUT2D eigenvalue weighted by atomic mass is 79.9. The minimum Gasteiger partial charge on any atom is -0.278 e. The molecule has 0 unspecified atom stereocenters. The fourth-order valence-corrected chi connectivity index (χ4v) is 2.43. The van der Waals surface area contributed by atoms with Crippen molar-refractivity contribution < 1.29 is 0 Å². The smallest absolute Gasteiger partial charge is 0.0647 e. The van der Waals surface area contributed by atoms with E-state index in [1.165, 1.54) is 10.4 Å². The van der Waals surface area contributed by atoms with Crippen LogP contribution in [-0.2, 0) is 0 Å². The number of nitrogens with one attached hydrogen (secondary N) is 1. The Balaban J connectivity index is 2.02. The number of benzene rings is 1. The number of rotatable bonds is 3. The van der Waals surface area contributed by atoms with Crippen molar-refractivity contribution in [2.24, 2.45) is 5.10 Å². The molecule has 1 aromatic heterocycles. The molecule has 2 aromatic rings. The topological polar surface area (TPSA) is 24.4 Å². The van der Waals surface area contributed by atoms with Gasteiger partial charge in [-0.15, -0.1) is 11.3 Å². The lowest BCUT2D eigenvalue weighted by Gasteiger charge is -1.99. The molecule has 16 heavy (non-hydrogen) atoms. The molecule has 0 spiro atoms. The molecule has 0 bridgehead atoms. The fourth-order valence-electron chi connectivity index (χ4n) is 1.24. The SMILES string of the molecule is Cc1ccsc1C=NNc1cccc(Br)c1. The number of thiophene rings is 1. The van der Waals surface area contributed by atoms with Gasteiger partial charge in [0, 0.05) is 9.35 Å². The summed E-state index contributed by atoms with van der Waals surface area (Å²) < 4.78 is 1.04. The Kier molecular flexibility index (Phi) is 3.74. The molecule has 0 aliphatic carbocycles. The second-order valence-electron chi connectivity index (χ2n) is 3.35. The molecule has 0 aliphatic heterocycles. The van der Waals surface area contributed by atoms with Crippen LogP contribution in [0.3, 0.4) is 0 Å². The normalized spacial score (nSPS) is 10.9.